The summed E-state index contributed by atoms with van der Waals surface area (Å²) in [4.78, 5) is 17.4. The number of hydrogen-bond acceptors (Lipinski definition) is 6. The number of anilines is 2. The number of hydrogen-bond donors (Lipinski definition) is 5. The van der Waals surface area contributed by atoms with Crippen LogP contribution in [0.1, 0.15) is 13.3 Å². The molecule has 90 valence electrons. The number of nitrogens with zero attached hydrogens (tertiary/aromatic N) is 1. The molecule has 16 heavy (non-hydrogen) atoms. The predicted molar refractivity (Wildman–Crippen MR) is 60.1 cm³/mol. The third kappa shape index (κ3) is 2.31. The Balaban J connectivity index is 3.03. The van der Waals surface area contributed by atoms with Crippen molar-refractivity contribution in [2.45, 2.75) is 18.9 Å². The Labute approximate surface area is 92.3 Å². The van der Waals surface area contributed by atoms with Gasteiger partial charge in [0.25, 0.3) is 5.56 Å². The van der Waals surface area contributed by atoms with E-state index in [1.807, 2.05) is 0 Å². The maximum atomic E-state index is 11.2. The monoisotopic (exact) mass is 228 g/mol. The molecule has 0 fully saturated rings. The first-order valence-corrected chi connectivity index (χ1v) is 4.91. The minimum absolute atomic E-state index is 0.0674. The van der Waals surface area contributed by atoms with Crippen molar-refractivity contribution in [2.75, 3.05) is 24.3 Å². The normalized spacial score (nSPS) is 11.4. The quantitative estimate of drug-likeness (QED) is 0.435. The topological polar surface area (TPSA) is 124 Å². The van der Waals surface area contributed by atoms with Gasteiger partial charge in [-0.05, 0) is 6.42 Å². The number of aromatic nitrogens is 2. The molecule has 7 heteroatoms. The van der Waals surface area contributed by atoms with E-state index in [2.05, 4.69) is 15.3 Å². The zero-order valence-electron chi connectivity index (χ0n) is 9.03. The molecule has 0 amide bonds. The Morgan fingerprint density at radius 1 is 1.56 bits per heavy atom. The molecule has 0 saturated carbocycles. The molecule has 0 bridgehead atoms. The molecule has 1 aromatic heterocycles. The van der Waals surface area contributed by atoms with Crippen LogP contribution >= 0.6 is 0 Å². The second-order valence-corrected chi connectivity index (χ2v) is 3.57. The summed E-state index contributed by atoms with van der Waals surface area (Å²) in [7, 11) is 0. The molecule has 0 aliphatic carbocycles. The number of aliphatic hydroxyl groups is 2. The first-order chi connectivity index (χ1) is 7.58. The Morgan fingerprint density at radius 2 is 2.19 bits per heavy atom. The summed E-state index contributed by atoms with van der Waals surface area (Å²) in [5.74, 6) is 0.161. The van der Waals surface area contributed by atoms with Gasteiger partial charge in [-0.2, -0.15) is 0 Å². The van der Waals surface area contributed by atoms with Crippen LogP contribution < -0.4 is 16.6 Å². The molecule has 0 aliphatic rings. The average Bonchev–Trinajstić information content (AvgIpc) is 2.32. The van der Waals surface area contributed by atoms with Gasteiger partial charge >= 0.3 is 0 Å². The minimum atomic E-state index is -0.922. The molecule has 0 radical (unpaired) electrons. The van der Waals surface area contributed by atoms with Gasteiger partial charge in [0.1, 0.15) is 5.69 Å². The van der Waals surface area contributed by atoms with Gasteiger partial charge in [-0.25, -0.2) is 4.98 Å². The fourth-order valence-corrected chi connectivity index (χ4v) is 1.20. The van der Waals surface area contributed by atoms with Gasteiger partial charge in [-0.1, -0.05) is 6.92 Å². The highest BCUT2D eigenvalue weighted by molar-refractivity contribution is 5.60. The molecule has 1 heterocycles. The zero-order valence-corrected chi connectivity index (χ0v) is 9.03. The van der Waals surface area contributed by atoms with Crippen LogP contribution in [0.5, 0.6) is 0 Å². The van der Waals surface area contributed by atoms with E-state index in [-0.39, 0.29) is 24.7 Å². The van der Waals surface area contributed by atoms with E-state index in [1.54, 1.807) is 6.92 Å². The number of nitrogens with two attached hydrogens (primary N) is 1. The molecule has 0 aliphatic heterocycles. The molecule has 0 saturated heterocycles. The lowest BCUT2D eigenvalue weighted by Crippen LogP contribution is -2.46. The van der Waals surface area contributed by atoms with Gasteiger partial charge in [-0.15, -0.1) is 0 Å². The van der Waals surface area contributed by atoms with Gasteiger partial charge in [0.15, 0.2) is 5.82 Å². The highest BCUT2D eigenvalue weighted by Gasteiger charge is 2.27. The summed E-state index contributed by atoms with van der Waals surface area (Å²) < 4.78 is 0. The van der Waals surface area contributed by atoms with E-state index in [1.165, 1.54) is 6.33 Å². The fourth-order valence-electron chi connectivity index (χ4n) is 1.20. The number of nitrogen functional groups attached to an aromatic ring is 1. The summed E-state index contributed by atoms with van der Waals surface area (Å²) >= 11 is 0. The van der Waals surface area contributed by atoms with Crippen molar-refractivity contribution >= 4 is 11.5 Å². The van der Waals surface area contributed by atoms with Gasteiger partial charge in [0.05, 0.1) is 25.1 Å². The number of nitrogens with one attached hydrogen (secondary N) is 2. The standard InChI is InChI=1S/C9H16N4O3/c1-2-9(3-14,4-15)13-7-6(10)8(16)12-5-11-7/h5,14-15H,2-4,10H2,1H3,(H2,11,12,13,16). The van der Waals surface area contributed by atoms with Crippen molar-refractivity contribution in [3.63, 3.8) is 0 Å². The van der Waals surface area contributed by atoms with Gasteiger partial charge in [0, 0.05) is 0 Å². The average molecular weight is 228 g/mol. The lowest BCUT2D eigenvalue weighted by molar-refractivity contribution is 0.132. The van der Waals surface area contributed by atoms with E-state index in [0.717, 1.165) is 0 Å². The van der Waals surface area contributed by atoms with Gasteiger partial charge in [-0.3, -0.25) is 4.79 Å². The van der Waals surface area contributed by atoms with E-state index in [4.69, 9.17) is 5.73 Å². The van der Waals surface area contributed by atoms with E-state index in [0.29, 0.717) is 6.42 Å². The Hall–Kier alpha value is -1.60. The van der Waals surface area contributed by atoms with Gasteiger partial charge < -0.3 is 26.2 Å². The first kappa shape index (κ1) is 12.5. The second-order valence-electron chi connectivity index (χ2n) is 3.57. The van der Waals surface area contributed by atoms with Crippen LogP contribution in [-0.2, 0) is 0 Å². The lowest BCUT2D eigenvalue weighted by Gasteiger charge is -2.30. The molecular formula is C9H16N4O3. The molecule has 0 unspecified atom stereocenters. The van der Waals surface area contributed by atoms with Crippen molar-refractivity contribution in [3.05, 3.63) is 16.7 Å². The maximum absolute atomic E-state index is 11.2. The third-order valence-electron chi connectivity index (χ3n) is 2.55. The summed E-state index contributed by atoms with van der Waals surface area (Å²) in [6.45, 7) is 1.23. The van der Waals surface area contributed by atoms with Crippen LogP contribution in [0.2, 0.25) is 0 Å². The summed E-state index contributed by atoms with van der Waals surface area (Å²) in [5.41, 5.74) is 4.07. The minimum Gasteiger partial charge on any atom is -0.394 e. The van der Waals surface area contributed by atoms with Crippen molar-refractivity contribution in [1.82, 2.24) is 9.97 Å². The number of H-pyrrole nitrogens is 1. The van der Waals surface area contributed by atoms with Crippen molar-refractivity contribution in [1.29, 1.82) is 0 Å². The molecular weight excluding hydrogens is 212 g/mol. The van der Waals surface area contributed by atoms with Crippen molar-refractivity contribution < 1.29 is 10.2 Å². The highest BCUT2D eigenvalue weighted by Crippen LogP contribution is 2.18. The lowest BCUT2D eigenvalue weighted by atomic mass is 9.98. The summed E-state index contributed by atoms with van der Waals surface area (Å²) in [6.07, 6.45) is 1.67. The second kappa shape index (κ2) is 4.95. The van der Waals surface area contributed by atoms with E-state index in [9.17, 15) is 15.0 Å². The van der Waals surface area contributed by atoms with Crippen LogP contribution in [0.25, 0.3) is 0 Å². The fraction of sp³-hybridized carbons (Fsp3) is 0.556. The predicted octanol–water partition coefficient (Wildman–Crippen LogP) is -1.10. The largest absolute Gasteiger partial charge is 0.394 e. The molecule has 6 N–H and O–H groups in total. The molecule has 1 rings (SSSR count). The third-order valence-corrected chi connectivity index (χ3v) is 2.55. The molecule has 7 nitrogen and oxygen atoms in total. The molecule has 0 spiro atoms. The summed E-state index contributed by atoms with van der Waals surface area (Å²) in [6, 6.07) is 0. The van der Waals surface area contributed by atoms with E-state index < -0.39 is 11.1 Å². The van der Waals surface area contributed by atoms with Crippen LogP contribution in [-0.4, -0.2) is 38.9 Å². The Morgan fingerprint density at radius 3 is 2.69 bits per heavy atom. The van der Waals surface area contributed by atoms with Crippen molar-refractivity contribution in [2.24, 2.45) is 0 Å². The van der Waals surface area contributed by atoms with Gasteiger partial charge in [0.2, 0.25) is 0 Å². The number of aromatic amines is 1. The summed E-state index contributed by atoms with van der Waals surface area (Å²) in [5, 5.41) is 21.2. The highest BCUT2D eigenvalue weighted by atomic mass is 16.3. The molecule has 0 aromatic carbocycles. The zero-order chi connectivity index (χ0) is 12.2. The van der Waals surface area contributed by atoms with E-state index >= 15 is 0 Å². The van der Waals surface area contributed by atoms with Crippen LogP contribution in [0.3, 0.4) is 0 Å². The molecule has 0 atom stereocenters. The number of rotatable bonds is 5. The van der Waals surface area contributed by atoms with Crippen molar-refractivity contribution in [3.8, 4) is 0 Å². The SMILES string of the molecule is CCC(CO)(CO)Nc1nc[nH]c(=O)c1N. The van der Waals surface area contributed by atoms with Crippen LogP contribution in [0.4, 0.5) is 11.5 Å². The first-order valence-electron chi connectivity index (χ1n) is 4.91. The van der Waals surface area contributed by atoms with Crippen LogP contribution in [0, 0.1) is 0 Å². The van der Waals surface area contributed by atoms with Crippen LogP contribution in [0.15, 0.2) is 11.1 Å². The Kier molecular flexibility index (Phi) is 3.86. The Bertz CT molecular complexity index is 392. The number of aliphatic hydroxyl groups excluding tert-OH is 2. The molecule has 1 aromatic rings. The smallest absolute Gasteiger partial charge is 0.276 e. The maximum Gasteiger partial charge on any atom is 0.276 e.